The van der Waals surface area contributed by atoms with Crippen molar-refractivity contribution in [3.05, 3.63) is 35.1 Å². The molecule has 1 amide bonds. The van der Waals surface area contributed by atoms with Crippen LogP contribution < -0.4 is 15.8 Å². The van der Waals surface area contributed by atoms with Gasteiger partial charge >= 0.3 is 5.97 Å². The number of primary amides is 1. The first-order valence-electron chi connectivity index (χ1n) is 11.2. The van der Waals surface area contributed by atoms with E-state index in [1.54, 1.807) is 12.1 Å². The van der Waals surface area contributed by atoms with Gasteiger partial charge in [0.1, 0.15) is 11.3 Å². The van der Waals surface area contributed by atoms with Crippen LogP contribution >= 0.6 is 0 Å². The summed E-state index contributed by atoms with van der Waals surface area (Å²) < 4.78 is 15.7. The maximum atomic E-state index is 13.9. The van der Waals surface area contributed by atoms with Gasteiger partial charge in [-0.25, -0.2) is 4.79 Å². The van der Waals surface area contributed by atoms with Crippen LogP contribution in [0, 0.1) is 11.8 Å². The van der Waals surface area contributed by atoms with Crippen LogP contribution in [0.3, 0.4) is 0 Å². The molecule has 0 unspecified atom stereocenters. The normalized spacial score (nSPS) is 28.8. The van der Waals surface area contributed by atoms with Gasteiger partial charge in [-0.15, -0.1) is 0 Å². The smallest absolute Gasteiger partial charge is 0.337 e. The number of fused-ring (bicyclic) bond motifs is 3. The number of hydrogen-bond acceptors (Lipinski definition) is 8. The van der Waals surface area contributed by atoms with Crippen molar-refractivity contribution in [2.45, 2.75) is 37.8 Å². The number of rotatable bonds is 6. The summed E-state index contributed by atoms with van der Waals surface area (Å²) in [5.41, 5.74) is 6.23. The molecule has 1 aromatic carbocycles. The lowest BCUT2D eigenvalue weighted by molar-refractivity contribution is -0.137. The average Bonchev–Trinajstić information content (AvgIpc) is 3.33. The third-order valence-electron chi connectivity index (χ3n) is 7.54. The highest BCUT2D eigenvalue weighted by molar-refractivity contribution is 6.19. The van der Waals surface area contributed by atoms with Crippen LogP contribution in [-0.2, 0) is 14.3 Å². The third kappa shape index (κ3) is 3.45. The monoisotopic (exact) mass is 457 g/mol. The second-order valence-corrected chi connectivity index (χ2v) is 8.93. The zero-order valence-electron chi connectivity index (χ0n) is 19.5. The molecule has 0 aliphatic carbocycles. The topological polar surface area (TPSA) is 120 Å². The molecule has 2 saturated heterocycles. The standard InChI is InChI=1S/C24H31N3O6/c1-5-13-11-27-9-8-24(18(27)10-15(13)16(12-31-2)23(30)33-4)21(28)19-17(32-3)7-6-14(22(25)29)20(19)26-24/h6-7,12-13,15,18,26H,5,8-11H2,1-4H3,(H2,25,29)/b16-12+/t13-,15+,18+,24+/m1/s1. The number of carbonyl (C=O) groups excluding carboxylic acids is 3. The number of anilines is 1. The number of benzene rings is 1. The first-order valence-corrected chi connectivity index (χ1v) is 11.2. The molecule has 178 valence electrons. The molecule has 9 heteroatoms. The quantitative estimate of drug-likeness (QED) is 0.378. The van der Waals surface area contributed by atoms with E-state index in [2.05, 4.69) is 17.1 Å². The minimum atomic E-state index is -0.924. The summed E-state index contributed by atoms with van der Waals surface area (Å²) in [5, 5.41) is 3.41. The summed E-state index contributed by atoms with van der Waals surface area (Å²) in [6.07, 6.45) is 3.49. The number of amides is 1. The Hall–Kier alpha value is -3.07. The van der Waals surface area contributed by atoms with E-state index in [4.69, 9.17) is 19.9 Å². The summed E-state index contributed by atoms with van der Waals surface area (Å²) >= 11 is 0. The predicted molar refractivity (Wildman–Crippen MR) is 121 cm³/mol. The van der Waals surface area contributed by atoms with Crippen LogP contribution in [0.2, 0.25) is 0 Å². The van der Waals surface area contributed by atoms with Crippen molar-refractivity contribution in [1.29, 1.82) is 0 Å². The highest BCUT2D eigenvalue weighted by Crippen LogP contribution is 2.51. The fourth-order valence-electron chi connectivity index (χ4n) is 5.94. The van der Waals surface area contributed by atoms with E-state index in [-0.39, 0.29) is 29.2 Å². The Bertz CT molecular complexity index is 1020. The summed E-state index contributed by atoms with van der Waals surface area (Å²) in [6.45, 7) is 3.58. The van der Waals surface area contributed by atoms with Crippen molar-refractivity contribution < 1.29 is 28.6 Å². The van der Waals surface area contributed by atoms with Crippen molar-refractivity contribution in [2.24, 2.45) is 17.6 Å². The van der Waals surface area contributed by atoms with E-state index in [0.717, 1.165) is 19.5 Å². The molecule has 2 fully saturated rings. The minimum absolute atomic E-state index is 0.103. The Kier molecular flexibility index (Phi) is 6.09. The SMILES string of the molecule is CC[C@@H]1CN2CC[C@]3(Nc4c(C(N)=O)ccc(OC)c4C3=O)[C@@H]2C[C@@H]1/C(=C\OC)C(=O)OC. The number of ether oxygens (including phenoxy) is 3. The summed E-state index contributed by atoms with van der Waals surface area (Å²) in [6, 6.07) is 3.01. The van der Waals surface area contributed by atoms with Gasteiger partial charge in [-0.2, -0.15) is 0 Å². The van der Waals surface area contributed by atoms with Crippen LogP contribution in [0.15, 0.2) is 24.0 Å². The molecule has 33 heavy (non-hydrogen) atoms. The molecular weight excluding hydrogens is 426 g/mol. The van der Waals surface area contributed by atoms with Gasteiger partial charge in [-0.3, -0.25) is 14.5 Å². The fraction of sp³-hybridized carbons (Fsp3) is 0.542. The van der Waals surface area contributed by atoms with Crippen molar-refractivity contribution >= 4 is 23.3 Å². The molecule has 3 aliphatic heterocycles. The van der Waals surface area contributed by atoms with Crippen LogP contribution in [-0.4, -0.2) is 68.6 Å². The third-order valence-corrected chi connectivity index (χ3v) is 7.54. The number of esters is 1. The second kappa shape index (κ2) is 8.70. The van der Waals surface area contributed by atoms with Crippen molar-refractivity contribution in [3.8, 4) is 5.75 Å². The molecule has 3 N–H and O–H groups in total. The van der Waals surface area contributed by atoms with E-state index in [1.807, 2.05) is 0 Å². The summed E-state index contributed by atoms with van der Waals surface area (Å²) in [7, 11) is 4.36. The molecule has 3 aliphatic rings. The molecule has 4 atom stereocenters. The van der Waals surface area contributed by atoms with E-state index < -0.39 is 17.4 Å². The number of ketones is 1. The molecule has 4 rings (SSSR count). The molecule has 0 aromatic heterocycles. The van der Waals surface area contributed by atoms with Crippen LogP contribution in [0.5, 0.6) is 5.75 Å². The van der Waals surface area contributed by atoms with E-state index in [9.17, 15) is 14.4 Å². The molecule has 1 spiro atoms. The van der Waals surface area contributed by atoms with Crippen LogP contribution in [0.25, 0.3) is 0 Å². The minimum Gasteiger partial charge on any atom is -0.504 e. The first-order chi connectivity index (χ1) is 15.8. The Morgan fingerprint density at radius 1 is 1.30 bits per heavy atom. The number of hydrogen-bond donors (Lipinski definition) is 2. The number of nitrogens with two attached hydrogens (primary N) is 1. The van der Waals surface area contributed by atoms with Gasteiger partial charge in [0.15, 0.2) is 5.78 Å². The number of piperidine rings is 1. The first kappa shape index (κ1) is 23.1. The van der Waals surface area contributed by atoms with Gasteiger partial charge in [-0.05, 0) is 36.8 Å². The fourth-order valence-corrected chi connectivity index (χ4v) is 5.94. The van der Waals surface area contributed by atoms with Crippen molar-refractivity contribution in [1.82, 2.24) is 4.90 Å². The van der Waals surface area contributed by atoms with E-state index in [1.165, 1.54) is 27.6 Å². The Morgan fingerprint density at radius 3 is 2.67 bits per heavy atom. The van der Waals surface area contributed by atoms with Gasteiger partial charge in [0.05, 0.1) is 50.0 Å². The van der Waals surface area contributed by atoms with Gasteiger partial charge < -0.3 is 25.3 Å². The average molecular weight is 458 g/mol. The molecule has 1 aromatic rings. The zero-order chi connectivity index (χ0) is 23.9. The molecule has 0 radical (unpaired) electrons. The molecule has 3 heterocycles. The van der Waals surface area contributed by atoms with Gasteiger partial charge in [0.2, 0.25) is 0 Å². The summed E-state index contributed by atoms with van der Waals surface area (Å²) in [4.78, 5) is 40.9. The largest absolute Gasteiger partial charge is 0.504 e. The number of nitrogens with one attached hydrogen (secondary N) is 1. The maximum Gasteiger partial charge on any atom is 0.337 e. The molecular formula is C24H31N3O6. The Balaban J connectivity index is 1.76. The lowest BCUT2D eigenvalue weighted by Gasteiger charge is -2.45. The number of methoxy groups -OCH3 is 3. The number of nitrogens with zero attached hydrogens (tertiary/aromatic N) is 1. The zero-order valence-corrected chi connectivity index (χ0v) is 19.5. The number of carbonyl (C=O) groups is 3. The van der Waals surface area contributed by atoms with Gasteiger partial charge in [0.25, 0.3) is 5.91 Å². The summed E-state index contributed by atoms with van der Waals surface area (Å²) in [5.74, 6) is -0.636. The Labute approximate surface area is 193 Å². The predicted octanol–water partition coefficient (Wildman–Crippen LogP) is 1.96. The molecule has 0 saturated carbocycles. The second-order valence-electron chi connectivity index (χ2n) is 8.93. The lowest BCUT2D eigenvalue weighted by atomic mass is 9.72. The molecule has 9 nitrogen and oxygen atoms in total. The Morgan fingerprint density at radius 2 is 2.06 bits per heavy atom. The van der Waals surface area contributed by atoms with Crippen LogP contribution in [0.1, 0.15) is 46.9 Å². The lowest BCUT2D eigenvalue weighted by Crippen LogP contribution is -2.57. The van der Waals surface area contributed by atoms with Gasteiger partial charge in [0, 0.05) is 19.1 Å². The van der Waals surface area contributed by atoms with E-state index >= 15 is 0 Å². The molecule has 0 bridgehead atoms. The van der Waals surface area contributed by atoms with Gasteiger partial charge in [-0.1, -0.05) is 13.3 Å². The van der Waals surface area contributed by atoms with Crippen molar-refractivity contribution in [2.75, 3.05) is 39.7 Å². The van der Waals surface area contributed by atoms with Crippen molar-refractivity contribution in [3.63, 3.8) is 0 Å². The van der Waals surface area contributed by atoms with Crippen LogP contribution in [0.4, 0.5) is 5.69 Å². The highest BCUT2D eigenvalue weighted by Gasteiger charge is 2.60. The maximum absolute atomic E-state index is 13.9. The van der Waals surface area contributed by atoms with E-state index in [0.29, 0.717) is 35.4 Å². The highest BCUT2D eigenvalue weighted by atomic mass is 16.5. The number of Topliss-reactive ketones (excluding diaryl/α,β-unsaturated/α-hetero) is 1.